The third kappa shape index (κ3) is 4.84. The van der Waals surface area contributed by atoms with Gasteiger partial charge >= 0.3 is 0 Å². The van der Waals surface area contributed by atoms with Crippen LogP contribution in [-0.2, 0) is 5.60 Å². The van der Waals surface area contributed by atoms with Crippen LogP contribution in [0.3, 0.4) is 0 Å². The average Bonchev–Trinajstić information content (AvgIpc) is 2.73. The molecule has 3 aromatic carbocycles. The fourth-order valence-corrected chi connectivity index (χ4v) is 2.54. The predicted octanol–water partition coefficient (Wildman–Crippen LogP) is 4.79. The van der Waals surface area contributed by atoms with Gasteiger partial charge in [0, 0.05) is 11.1 Å². The van der Waals surface area contributed by atoms with Gasteiger partial charge in [0.25, 0.3) is 0 Å². The Kier molecular flexibility index (Phi) is 5.71. The van der Waals surface area contributed by atoms with E-state index < -0.39 is 5.60 Å². The number of halogens is 1. The zero-order chi connectivity index (χ0) is 19.1. The van der Waals surface area contributed by atoms with Gasteiger partial charge in [-0.25, -0.2) is 4.39 Å². The van der Waals surface area contributed by atoms with Crippen molar-refractivity contribution in [3.63, 3.8) is 0 Å². The molecular formula is C24H19FO2. The topological polar surface area (TPSA) is 29.5 Å². The second kappa shape index (κ2) is 8.35. The van der Waals surface area contributed by atoms with Crippen LogP contribution in [0, 0.1) is 17.7 Å². The van der Waals surface area contributed by atoms with E-state index in [-0.39, 0.29) is 5.82 Å². The number of hydrogen-bond acceptors (Lipinski definition) is 2. The maximum Gasteiger partial charge on any atom is 0.170 e. The Bertz CT molecular complexity index is 965. The number of benzene rings is 3. The first-order valence-electron chi connectivity index (χ1n) is 8.49. The first-order valence-corrected chi connectivity index (χ1v) is 8.49. The fraction of sp³-hybridized carbons (Fsp3) is 0.0833. The second-order valence-electron chi connectivity index (χ2n) is 6.00. The van der Waals surface area contributed by atoms with Crippen molar-refractivity contribution in [2.75, 3.05) is 7.11 Å². The summed E-state index contributed by atoms with van der Waals surface area (Å²) in [4.78, 5) is 0. The molecule has 3 aromatic rings. The quantitative estimate of drug-likeness (QED) is 0.680. The molecule has 0 amide bonds. The minimum absolute atomic E-state index is 0.324. The van der Waals surface area contributed by atoms with Crippen molar-refractivity contribution in [2.45, 2.75) is 5.60 Å². The van der Waals surface area contributed by atoms with Crippen LogP contribution >= 0.6 is 0 Å². The van der Waals surface area contributed by atoms with Gasteiger partial charge in [-0.05, 0) is 48.0 Å². The summed E-state index contributed by atoms with van der Waals surface area (Å²) in [6.07, 6.45) is 3.48. The van der Waals surface area contributed by atoms with E-state index in [9.17, 15) is 9.50 Å². The molecule has 2 nitrogen and oxygen atoms in total. The lowest BCUT2D eigenvalue weighted by Crippen LogP contribution is -2.20. The van der Waals surface area contributed by atoms with E-state index in [1.165, 1.54) is 12.1 Å². The van der Waals surface area contributed by atoms with Crippen LogP contribution in [0.15, 0.2) is 84.9 Å². The molecule has 0 radical (unpaired) electrons. The van der Waals surface area contributed by atoms with Crippen LogP contribution in [0.2, 0.25) is 0 Å². The number of ether oxygens (including phenoxy) is 1. The maximum absolute atomic E-state index is 13.1. The van der Waals surface area contributed by atoms with E-state index in [2.05, 4.69) is 11.8 Å². The van der Waals surface area contributed by atoms with Crippen LogP contribution in [0.4, 0.5) is 4.39 Å². The lowest BCUT2D eigenvalue weighted by molar-refractivity contribution is 0.155. The van der Waals surface area contributed by atoms with Gasteiger partial charge in [-0.15, -0.1) is 0 Å². The Hall–Kier alpha value is -3.35. The molecule has 3 heteroatoms. The highest BCUT2D eigenvalue weighted by Gasteiger charge is 2.23. The SMILES string of the molecule is COc1ccc(C(O)(C#Cc2ccc(F)cc2)/C=C/c2ccccc2)cc1. The normalized spacial score (nSPS) is 12.9. The zero-order valence-electron chi connectivity index (χ0n) is 14.9. The molecule has 27 heavy (non-hydrogen) atoms. The first-order chi connectivity index (χ1) is 13.1. The Morgan fingerprint density at radius 3 is 2.22 bits per heavy atom. The Morgan fingerprint density at radius 1 is 0.926 bits per heavy atom. The summed E-state index contributed by atoms with van der Waals surface area (Å²) in [6, 6.07) is 22.6. The molecule has 0 aliphatic carbocycles. The van der Waals surface area contributed by atoms with E-state index in [1.54, 1.807) is 49.6 Å². The maximum atomic E-state index is 13.1. The molecule has 0 heterocycles. The Morgan fingerprint density at radius 2 is 1.59 bits per heavy atom. The molecule has 0 aromatic heterocycles. The monoisotopic (exact) mass is 358 g/mol. The molecule has 1 N–H and O–H groups in total. The molecule has 1 unspecified atom stereocenters. The summed E-state index contributed by atoms with van der Waals surface area (Å²) in [6.45, 7) is 0. The van der Waals surface area contributed by atoms with Crippen LogP contribution < -0.4 is 4.74 Å². The van der Waals surface area contributed by atoms with Crippen molar-refractivity contribution < 1.29 is 14.2 Å². The van der Waals surface area contributed by atoms with Crippen molar-refractivity contribution in [1.29, 1.82) is 0 Å². The van der Waals surface area contributed by atoms with Crippen molar-refractivity contribution in [1.82, 2.24) is 0 Å². The number of methoxy groups -OCH3 is 1. The molecule has 0 spiro atoms. The van der Waals surface area contributed by atoms with Crippen LogP contribution in [-0.4, -0.2) is 12.2 Å². The van der Waals surface area contributed by atoms with E-state index in [4.69, 9.17) is 4.74 Å². The molecule has 3 rings (SSSR count). The minimum Gasteiger partial charge on any atom is -0.497 e. The van der Waals surface area contributed by atoms with E-state index in [0.717, 1.165) is 5.56 Å². The summed E-state index contributed by atoms with van der Waals surface area (Å²) in [5.41, 5.74) is 0.686. The number of rotatable bonds is 4. The summed E-state index contributed by atoms with van der Waals surface area (Å²) in [5.74, 6) is 6.21. The highest BCUT2D eigenvalue weighted by molar-refractivity contribution is 5.55. The van der Waals surface area contributed by atoms with Gasteiger partial charge in [0.2, 0.25) is 0 Å². The van der Waals surface area contributed by atoms with Gasteiger partial charge < -0.3 is 9.84 Å². The number of hydrogen-bond donors (Lipinski definition) is 1. The summed E-state index contributed by atoms with van der Waals surface area (Å²) in [7, 11) is 1.59. The molecule has 1 atom stereocenters. The molecule has 134 valence electrons. The zero-order valence-corrected chi connectivity index (χ0v) is 14.9. The third-order valence-corrected chi connectivity index (χ3v) is 4.09. The van der Waals surface area contributed by atoms with E-state index >= 15 is 0 Å². The van der Waals surface area contributed by atoms with Gasteiger partial charge in [-0.2, -0.15) is 0 Å². The molecule has 0 bridgehead atoms. The average molecular weight is 358 g/mol. The molecule has 0 aliphatic rings. The van der Waals surface area contributed by atoms with Crippen molar-refractivity contribution in [3.05, 3.63) is 107 Å². The van der Waals surface area contributed by atoms with Crippen LogP contribution in [0.1, 0.15) is 16.7 Å². The predicted molar refractivity (Wildman–Crippen MR) is 106 cm³/mol. The van der Waals surface area contributed by atoms with Gasteiger partial charge in [0.1, 0.15) is 11.6 Å². The van der Waals surface area contributed by atoms with Gasteiger partial charge in [0.15, 0.2) is 5.60 Å². The molecular weight excluding hydrogens is 339 g/mol. The fourth-order valence-electron chi connectivity index (χ4n) is 2.54. The van der Waals surface area contributed by atoms with Crippen molar-refractivity contribution >= 4 is 6.08 Å². The molecule has 0 saturated carbocycles. The molecule has 0 saturated heterocycles. The summed E-state index contributed by atoms with van der Waals surface area (Å²) >= 11 is 0. The lowest BCUT2D eigenvalue weighted by Gasteiger charge is -2.19. The number of aliphatic hydroxyl groups is 1. The minimum atomic E-state index is -1.50. The second-order valence-corrected chi connectivity index (χ2v) is 6.00. The Balaban J connectivity index is 1.99. The van der Waals surface area contributed by atoms with Gasteiger partial charge in [-0.3, -0.25) is 0 Å². The lowest BCUT2D eigenvalue weighted by atomic mass is 9.92. The smallest absolute Gasteiger partial charge is 0.170 e. The largest absolute Gasteiger partial charge is 0.497 e. The van der Waals surface area contributed by atoms with Crippen LogP contribution in [0.5, 0.6) is 5.75 Å². The van der Waals surface area contributed by atoms with Crippen molar-refractivity contribution in [2.24, 2.45) is 0 Å². The van der Waals surface area contributed by atoms with Crippen LogP contribution in [0.25, 0.3) is 6.08 Å². The van der Waals surface area contributed by atoms with Gasteiger partial charge in [-0.1, -0.05) is 60.4 Å². The summed E-state index contributed by atoms with van der Waals surface area (Å²) < 4.78 is 18.3. The highest BCUT2D eigenvalue weighted by Crippen LogP contribution is 2.26. The van der Waals surface area contributed by atoms with Gasteiger partial charge in [0.05, 0.1) is 7.11 Å². The van der Waals surface area contributed by atoms with E-state index in [1.807, 2.05) is 36.4 Å². The molecule has 0 aliphatic heterocycles. The first kappa shape index (κ1) is 18.4. The summed E-state index contributed by atoms with van der Waals surface area (Å²) in [5, 5.41) is 11.2. The molecule has 0 fully saturated rings. The third-order valence-electron chi connectivity index (χ3n) is 4.09. The van der Waals surface area contributed by atoms with Crippen molar-refractivity contribution in [3.8, 4) is 17.6 Å². The standard InChI is InChI=1S/C24H19FO2/c1-27-23-13-9-21(10-14-23)24(26,17-15-19-5-3-2-4-6-19)18-16-20-7-11-22(25)12-8-20/h2-15,17,26H,1H3/b17-15+. The van der Waals surface area contributed by atoms with E-state index in [0.29, 0.717) is 16.9 Å². The Labute approximate surface area is 158 Å². The highest BCUT2D eigenvalue weighted by atomic mass is 19.1.